The largest absolute Gasteiger partial charge is 0.358 e. The summed E-state index contributed by atoms with van der Waals surface area (Å²) in [6, 6.07) is 6.66. The zero-order chi connectivity index (χ0) is 17.7. The van der Waals surface area contributed by atoms with Crippen molar-refractivity contribution in [3.63, 3.8) is 0 Å². The summed E-state index contributed by atoms with van der Waals surface area (Å²) >= 11 is 10.7. The predicted octanol–water partition coefficient (Wildman–Crippen LogP) is 3.79. The molecule has 132 valence electrons. The van der Waals surface area contributed by atoms with E-state index in [-0.39, 0.29) is 0 Å². The first-order valence-electron chi connectivity index (χ1n) is 8.57. The Balaban J connectivity index is 1.79. The van der Waals surface area contributed by atoms with Gasteiger partial charge in [0.05, 0.1) is 0 Å². The molecule has 1 aromatic carbocycles. The van der Waals surface area contributed by atoms with Crippen LogP contribution in [-0.2, 0) is 0 Å². The van der Waals surface area contributed by atoms with E-state index in [1.54, 1.807) is 0 Å². The van der Waals surface area contributed by atoms with Crippen LogP contribution in [0.4, 0.5) is 5.69 Å². The average Bonchev–Trinajstić information content (AvgIpc) is 2.53. The van der Waals surface area contributed by atoms with Crippen LogP contribution < -0.4 is 21.5 Å². The standard InChI is InChI=1S/C18H28N4S2/c1-11-8-9-13(3)16(10-11)20-18(24)22-21-17(23)19-15-7-5-6-12(2)14(15)4/h8-10,12,14-15H,5-7H2,1-4H3,(H2,19,21,23)(H2,20,22,24)/t12-,14+,15+/m1/s1. The van der Waals surface area contributed by atoms with E-state index in [1.165, 1.54) is 24.8 Å². The molecule has 3 atom stereocenters. The van der Waals surface area contributed by atoms with Crippen LogP contribution in [-0.4, -0.2) is 16.3 Å². The van der Waals surface area contributed by atoms with Crippen LogP contribution in [0.15, 0.2) is 18.2 Å². The van der Waals surface area contributed by atoms with Crippen LogP contribution in [0.1, 0.15) is 44.2 Å². The maximum Gasteiger partial charge on any atom is 0.189 e. The van der Waals surface area contributed by atoms with Gasteiger partial charge in [-0.2, -0.15) is 0 Å². The Bertz CT molecular complexity index is 603. The Hall–Kier alpha value is -1.40. The van der Waals surface area contributed by atoms with Gasteiger partial charge in [0.25, 0.3) is 0 Å². The zero-order valence-corrected chi connectivity index (χ0v) is 16.5. The molecule has 0 aliphatic heterocycles. The van der Waals surface area contributed by atoms with Crippen LogP contribution in [0.5, 0.6) is 0 Å². The summed E-state index contributed by atoms with van der Waals surface area (Å²) in [5.41, 5.74) is 9.29. The maximum atomic E-state index is 5.38. The van der Waals surface area contributed by atoms with Crippen molar-refractivity contribution in [2.45, 2.75) is 53.0 Å². The molecule has 24 heavy (non-hydrogen) atoms. The fraction of sp³-hybridized carbons (Fsp3) is 0.556. The Morgan fingerprint density at radius 2 is 1.75 bits per heavy atom. The van der Waals surface area contributed by atoms with E-state index in [4.69, 9.17) is 24.4 Å². The fourth-order valence-corrected chi connectivity index (χ4v) is 3.49. The Labute approximate surface area is 156 Å². The van der Waals surface area contributed by atoms with Crippen molar-refractivity contribution < 1.29 is 0 Å². The maximum absolute atomic E-state index is 5.38. The molecule has 0 spiro atoms. The minimum absolute atomic E-state index is 0.427. The van der Waals surface area contributed by atoms with Gasteiger partial charge in [-0.1, -0.05) is 38.8 Å². The van der Waals surface area contributed by atoms with Crippen LogP contribution in [0, 0.1) is 25.7 Å². The fourth-order valence-electron chi connectivity index (χ4n) is 3.13. The molecule has 0 saturated heterocycles. The molecule has 1 fully saturated rings. The van der Waals surface area contributed by atoms with Gasteiger partial charge in [-0.15, -0.1) is 0 Å². The number of thiocarbonyl (C=S) groups is 2. The normalized spacial score (nSPS) is 23.2. The highest BCUT2D eigenvalue weighted by molar-refractivity contribution is 7.80. The van der Waals surface area contributed by atoms with E-state index in [1.807, 2.05) is 0 Å². The highest BCUT2D eigenvalue weighted by Gasteiger charge is 2.27. The number of hydrazine groups is 1. The smallest absolute Gasteiger partial charge is 0.189 e. The SMILES string of the molecule is Cc1ccc(C)c(NC(=S)NNC(=S)N[C@H]2CCC[C@@H](C)[C@@H]2C)c1. The first-order valence-corrected chi connectivity index (χ1v) is 9.39. The molecular weight excluding hydrogens is 336 g/mol. The highest BCUT2D eigenvalue weighted by atomic mass is 32.1. The summed E-state index contributed by atoms with van der Waals surface area (Å²) in [4.78, 5) is 0. The molecule has 2 rings (SSSR count). The lowest BCUT2D eigenvalue weighted by Gasteiger charge is -2.35. The third kappa shape index (κ3) is 5.31. The summed E-state index contributed by atoms with van der Waals surface area (Å²) in [7, 11) is 0. The van der Waals surface area contributed by atoms with Crippen molar-refractivity contribution in [2.24, 2.45) is 11.8 Å². The lowest BCUT2D eigenvalue weighted by molar-refractivity contribution is 0.224. The van der Waals surface area contributed by atoms with Crippen molar-refractivity contribution >= 4 is 40.3 Å². The van der Waals surface area contributed by atoms with E-state index in [0.717, 1.165) is 17.2 Å². The number of nitrogens with one attached hydrogen (secondary N) is 4. The lowest BCUT2D eigenvalue weighted by atomic mass is 9.78. The van der Waals surface area contributed by atoms with E-state index in [9.17, 15) is 0 Å². The highest BCUT2D eigenvalue weighted by Crippen LogP contribution is 2.29. The van der Waals surface area contributed by atoms with Crippen molar-refractivity contribution in [3.05, 3.63) is 29.3 Å². The monoisotopic (exact) mass is 364 g/mol. The van der Waals surface area contributed by atoms with Gasteiger partial charge in [0.15, 0.2) is 10.2 Å². The molecule has 0 aromatic heterocycles. The van der Waals surface area contributed by atoms with Gasteiger partial charge in [0.1, 0.15) is 0 Å². The molecular formula is C18H28N4S2. The number of aryl methyl sites for hydroxylation is 2. The van der Waals surface area contributed by atoms with Crippen molar-refractivity contribution in [1.82, 2.24) is 16.2 Å². The van der Waals surface area contributed by atoms with Gasteiger partial charge in [0, 0.05) is 11.7 Å². The second kappa shape index (κ2) is 8.62. The molecule has 1 aliphatic carbocycles. The van der Waals surface area contributed by atoms with Crippen molar-refractivity contribution in [1.29, 1.82) is 0 Å². The van der Waals surface area contributed by atoms with E-state index in [0.29, 0.717) is 22.2 Å². The molecule has 1 aliphatic rings. The number of benzene rings is 1. The van der Waals surface area contributed by atoms with Crippen LogP contribution in [0.2, 0.25) is 0 Å². The number of hydrogen-bond acceptors (Lipinski definition) is 2. The van der Waals surface area contributed by atoms with Crippen molar-refractivity contribution in [2.75, 3.05) is 5.32 Å². The summed E-state index contributed by atoms with van der Waals surface area (Å²) in [6.45, 7) is 8.72. The number of rotatable bonds is 2. The summed E-state index contributed by atoms with van der Waals surface area (Å²) < 4.78 is 0. The second-order valence-corrected chi connectivity index (χ2v) is 7.69. The molecule has 4 N–H and O–H groups in total. The molecule has 1 aromatic rings. The van der Waals surface area contributed by atoms with Gasteiger partial charge in [-0.05, 0) is 73.7 Å². The molecule has 1 saturated carbocycles. The minimum atomic E-state index is 0.427. The summed E-state index contributed by atoms with van der Waals surface area (Å²) in [5.74, 6) is 1.36. The first-order chi connectivity index (χ1) is 11.4. The quantitative estimate of drug-likeness (QED) is 0.473. The summed E-state index contributed by atoms with van der Waals surface area (Å²) in [6.07, 6.45) is 3.73. The van der Waals surface area contributed by atoms with Gasteiger partial charge < -0.3 is 10.6 Å². The Morgan fingerprint density at radius 3 is 2.50 bits per heavy atom. The average molecular weight is 365 g/mol. The van der Waals surface area contributed by atoms with Crippen LogP contribution in [0.3, 0.4) is 0 Å². The summed E-state index contributed by atoms with van der Waals surface area (Å²) in [5, 5.41) is 7.69. The second-order valence-electron chi connectivity index (χ2n) is 6.87. The van der Waals surface area contributed by atoms with Gasteiger partial charge in [-0.25, -0.2) is 0 Å². The predicted molar refractivity (Wildman–Crippen MR) is 110 cm³/mol. The Morgan fingerprint density at radius 1 is 1.04 bits per heavy atom. The van der Waals surface area contributed by atoms with E-state index in [2.05, 4.69) is 67.4 Å². The lowest BCUT2D eigenvalue weighted by Crippen LogP contribution is -2.53. The molecule has 0 bridgehead atoms. The molecule has 0 amide bonds. The molecule has 0 unspecified atom stereocenters. The molecule has 0 radical (unpaired) electrons. The van der Waals surface area contributed by atoms with Gasteiger partial charge in [0.2, 0.25) is 0 Å². The minimum Gasteiger partial charge on any atom is -0.358 e. The molecule has 0 heterocycles. The number of anilines is 1. The molecule has 6 heteroatoms. The third-order valence-electron chi connectivity index (χ3n) is 4.95. The Kier molecular flexibility index (Phi) is 6.80. The van der Waals surface area contributed by atoms with E-state index >= 15 is 0 Å². The topological polar surface area (TPSA) is 48.1 Å². The van der Waals surface area contributed by atoms with Crippen LogP contribution >= 0.6 is 24.4 Å². The van der Waals surface area contributed by atoms with Crippen LogP contribution in [0.25, 0.3) is 0 Å². The van der Waals surface area contributed by atoms with E-state index < -0.39 is 0 Å². The third-order valence-corrected chi connectivity index (χ3v) is 5.38. The first kappa shape index (κ1) is 18.9. The number of hydrogen-bond donors (Lipinski definition) is 4. The van der Waals surface area contributed by atoms with Gasteiger partial charge in [-0.3, -0.25) is 10.9 Å². The van der Waals surface area contributed by atoms with Gasteiger partial charge >= 0.3 is 0 Å². The molecule has 4 nitrogen and oxygen atoms in total. The van der Waals surface area contributed by atoms with Crippen molar-refractivity contribution in [3.8, 4) is 0 Å². The zero-order valence-electron chi connectivity index (χ0n) is 14.9.